The second-order valence-corrected chi connectivity index (χ2v) is 3.94. The lowest BCUT2D eigenvalue weighted by Crippen LogP contribution is -2.31. The molecule has 0 radical (unpaired) electrons. The molecule has 2 rings (SSSR count). The minimum atomic E-state index is -0.781. The highest BCUT2D eigenvalue weighted by molar-refractivity contribution is 6.00. The molecule has 1 atom stereocenters. The number of aliphatic hydroxyl groups excluding tert-OH is 1. The molecule has 1 heterocycles. The highest BCUT2D eigenvalue weighted by Crippen LogP contribution is 2.19. The fourth-order valence-corrected chi connectivity index (χ4v) is 2.03. The van der Waals surface area contributed by atoms with Gasteiger partial charge in [-0.1, -0.05) is 5.16 Å². The molecule has 4 heteroatoms. The third-order valence-corrected chi connectivity index (χ3v) is 2.89. The fourth-order valence-electron chi connectivity index (χ4n) is 2.03. The van der Waals surface area contributed by atoms with Crippen LogP contribution >= 0.6 is 0 Å². The molecule has 0 saturated carbocycles. The number of hydrogen-bond donors (Lipinski definition) is 2. The Morgan fingerprint density at radius 1 is 1.20 bits per heavy atom. The average molecular weight is 208 g/mol. The van der Waals surface area contributed by atoms with Crippen molar-refractivity contribution < 1.29 is 10.3 Å². The van der Waals surface area contributed by atoms with Crippen molar-refractivity contribution in [2.45, 2.75) is 25.4 Å². The normalized spacial score (nSPS) is 29.4. The molecule has 0 aromatic heterocycles. The third kappa shape index (κ3) is 2.21. The highest BCUT2D eigenvalue weighted by Gasteiger charge is 2.18. The SMILES string of the molecule is O/N=C1/C=CC(N2CCCCC2)=CC1O. The van der Waals surface area contributed by atoms with Gasteiger partial charge in [0.1, 0.15) is 11.8 Å². The summed E-state index contributed by atoms with van der Waals surface area (Å²) in [5.74, 6) is 0. The van der Waals surface area contributed by atoms with Crippen LogP contribution in [0, 0.1) is 0 Å². The van der Waals surface area contributed by atoms with Gasteiger partial charge in [0.15, 0.2) is 0 Å². The molecule has 1 aliphatic carbocycles. The molecule has 0 amide bonds. The molecule has 15 heavy (non-hydrogen) atoms. The summed E-state index contributed by atoms with van der Waals surface area (Å²) in [7, 11) is 0. The summed E-state index contributed by atoms with van der Waals surface area (Å²) in [6.07, 6.45) is 8.23. The first-order valence-corrected chi connectivity index (χ1v) is 5.36. The number of nitrogens with zero attached hydrogens (tertiary/aromatic N) is 2. The van der Waals surface area contributed by atoms with Crippen LogP contribution in [0.1, 0.15) is 19.3 Å². The molecular weight excluding hydrogens is 192 g/mol. The van der Waals surface area contributed by atoms with Crippen molar-refractivity contribution >= 4 is 5.71 Å². The Morgan fingerprint density at radius 3 is 2.53 bits per heavy atom. The van der Waals surface area contributed by atoms with E-state index in [-0.39, 0.29) is 0 Å². The molecule has 82 valence electrons. The van der Waals surface area contributed by atoms with Gasteiger partial charge in [0.05, 0.1) is 0 Å². The second kappa shape index (κ2) is 4.49. The Morgan fingerprint density at radius 2 is 1.93 bits per heavy atom. The summed E-state index contributed by atoms with van der Waals surface area (Å²) in [5, 5.41) is 21.2. The summed E-state index contributed by atoms with van der Waals surface area (Å²) in [4.78, 5) is 2.26. The topological polar surface area (TPSA) is 56.1 Å². The van der Waals surface area contributed by atoms with Crippen LogP contribution in [-0.2, 0) is 0 Å². The van der Waals surface area contributed by atoms with Crippen LogP contribution in [0.25, 0.3) is 0 Å². The van der Waals surface area contributed by atoms with Crippen LogP contribution in [0.5, 0.6) is 0 Å². The number of rotatable bonds is 1. The van der Waals surface area contributed by atoms with Crippen molar-refractivity contribution in [1.82, 2.24) is 4.90 Å². The van der Waals surface area contributed by atoms with Gasteiger partial charge in [0.25, 0.3) is 0 Å². The van der Waals surface area contributed by atoms with Crippen molar-refractivity contribution in [3.05, 3.63) is 23.9 Å². The smallest absolute Gasteiger partial charge is 0.120 e. The van der Waals surface area contributed by atoms with E-state index in [1.807, 2.05) is 6.08 Å². The number of allylic oxidation sites excluding steroid dienone is 1. The van der Waals surface area contributed by atoms with E-state index in [0.29, 0.717) is 5.71 Å². The van der Waals surface area contributed by atoms with Crippen LogP contribution < -0.4 is 0 Å². The molecule has 2 N–H and O–H groups in total. The summed E-state index contributed by atoms with van der Waals surface area (Å²) >= 11 is 0. The van der Waals surface area contributed by atoms with Gasteiger partial charge in [-0.15, -0.1) is 0 Å². The van der Waals surface area contributed by atoms with E-state index in [1.165, 1.54) is 19.3 Å². The standard InChI is InChI=1S/C11H16N2O2/c14-11-8-9(4-5-10(11)12-15)13-6-2-1-3-7-13/h4-5,8,11,14-15H,1-3,6-7H2/b12-10-. The number of hydrogen-bond acceptors (Lipinski definition) is 4. The maximum Gasteiger partial charge on any atom is 0.120 e. The Kier molecular flexibility index (Phi) is 3.06. The molecule has 2 aliphatic rings. The van der Waals surface area contributed by atoms with Gasteiger partial charge in [0, 0.05) is 18.8 Å². The zero-order valence-corrected chi connectivity index (χ0v) is 8.63. The van der Waals surface area contributed by atoms with Crippen LogP contribution in [0.2, 0.25) is 0 Å². The maximum atomic E-state index is 9.62. The van der Waals surface area contributed by atoms with E-state index in [0.717, 1.165) is 18.8 Å². The van der Waals surface area contributed by atoms with Gasteiger partial charge < -0.3 is 15.2 Å². The largest absolute Gasteiger partial charge is 0.411 e. The monoisotopic (exact) mass is 208 g/mol. The predicted octanol–water partition coefficient (Wildman–Crippen LogP) is 1.12. The molecule has 0 bridgehead atoms. The second-order valence-electron chi connectivity index (χ2n) is 3.94. The lowest BCUT2D eigenvalue weighted by Gasteiger charge is -2.31. The summed E-state index contributed by atoms with van der Waals surface area (Å²) in [5.41, 5.74) is 1.34. The molecule has 1 unspecified atom stereocenters. The summed E-state index contributed by atoms with van der Waals surface area (Å²) in [6.45, 7) is 2.10. The molecular formula is C11H16N2O2. The Hall–Kier alpha value is -1.29. The number of oxime groups is 1. The van der Waals surface area contributed by atoms with Crippen molar-refractivity contribution in [3.63, 3.8) is 0 Å². The molecule has 0 spiro atoms. The van der Waals surface area contributed by atoms with E-state index in [1.54, 1.807) is 12.2 Å². The van der Waals surface area contributed by atoms with Crippen LogP contribution in [-0.4, -0.2) is 40.1 Å². The first-order chi connectivity index (χ1) is 7.31. The van der Waals surface area contributed by atoms with E-state index in [2.05, 4.69) is 10.1 Å². The lowest BCUT2D eigenvalue weighted by atomic mass is 10.0. The molecule has 4 nitrogen and oxygen atoms in total. The first kappa shape index (κ1) is 10.2. The third-order valence-electron chi connectivity index (χ3n) is 2.89. The lowest BCUT2D eigenvalue weighted by molar-refractivity contribution is 0.256. The van der Waals surface area contributed by atoms with Crippen LogP contribution in [0.3, 0.4) is 0 Å². The minimum Gasteiger partial charge on any atom is -0.411 e. The van der Waals surface area contributed by atoms with Crippen LogP contribution in [0.4, 0.5) is 0 Å². The van der Waals surface area contributed by atoms with Gasteiger partial charge in [-0.2, -0.15) is 0 Å². The average Bonchev–Trinajstić information content (AvgIpc) is 2.30. The number of piperidine rings is 1. The number of aliphatic hydroxyl groups is 1. The van der Waals surface area contributed by atoms with Crippen molar-refractivity contribution in [2.24, 2.45) is 5.16 Å². The Balaban J connectivity index is 2.08. The van der Waals surface area contributed by atoms with E-state index in [9.17, 15) is 5.11 Å². The quantitative estimate of drug-likeness (QED) is 0.501. The maximum absolute atomic E-state index is 9.62. The van der Waals surface area contributed by atoms with E-state index >= 15 is 0 Å². The van der Waals surface area contributed by atoms with Gasteiger partial charge in [-0.05, 0) is 37.5 Å². The zero-order valence-electron chi connectivity index (χ0n) is 8.63. The predicted molar refractivity (Wildman–Crippen MR) is 57.9 cm³/mol. The first-order valence-electron chi connectivity index (χ1n) is 5.36. The number of likely N-dealkylation sites (tertiary alicyclic amines) is 1. The molecule has 1 aliphatic heterocycles. The zero-order chi connectivity index (χ0) is 10.7. The van der Waals surface area contributed by atoms with Gasteiger partial charge >= 0.3 is 0 Å². The van der Waals surface area contributed by atoms with E-state index in [4.69, 9.17) is 5.21 Å². The minimum absolute atomic E-state index is 0.302. The van der Waals surface area contributed by atoms with Crippen molar-refractivity contribution in [2.75, 3.05) is 13.1 Å². The molecule has 0 aromatic carbocycles. The van der Waals surface area contributed by atoms with Gasteiger partial charge in [-0.3, -0.25) is 0 Å². The summed E-state index contributed by atoms with van der Waals surface area (Å²) in [6, 6.07) is 0. The van der Waals surface area contributed by atoms with Crippen molar-refractivity contribution in [3.8, 4) is 0 Å². The van der Waals surface area contributed by atoms with Gasteiger partial charge in [-0.25, -0.2) is 0 Å². The fraction of sp³-hybridized carbons (Fsp3) is 0.545. The van der Waals surface area contributed by atoms with E-state index < -0.39 is 6.10 Å². The summed E-state index contributed by atoms with van der Waals surface area (Å²) < 4.78 is 0. The van der Waals surface area contributed by atoms with Gasteiger partial charge in [0.2, 0.25) is 0 Å². The Bertz CT molecular complexity index is 315. The molecule has 0 aromatic rings. The molecule has 1 saturated heterocycles. The Labute approximate surface area is 89.2 Å². The van der Waals surface area contributed by atoms with Crippen LogP contribution in [0.15, 0.2) is 29.1 Å². The molecule has 1 fully saturated rings. The van der Waals surface area contributed by atoms with Crippen molar-refractivity contribution in [1.29, 1.82) is 0 Å². The highest BCUT2D eigenvalue weighted by atomic mass is 16.4.